The molecule has 0 saturated carbocycles. The van der Waals surface area contributed by atoms with E-state index in [0.29, 0.717) is 9.90 Å². The van der Waals surface area contributed by atoms with Crippen molar-refractivity contribution in [1.82, 2.24) is 20.6 Å². The number of methoxy groups -OCH3 is 1. The van der Waals surface area contributed by atoms with Gasteiger partial charge in [0, 0.05) is 24.9 Å². The number of thiophene rings is 1. The number of hydrogen-bond acceptors (Lipinski definition) is 7. The Hall–Kier alpha value is -2.62. The van der Waals surface area contributed by atoms with Crippen molar-refractivity contribution in [3.05, 3.63) is 52.4 Å². The Bertz CT molecular complexity index is 1110. The van der Waals surface area contributed by atoms with E-state index in [0.717, 1.165) is 25.6 Å². The second-order valence-corrected chi connectivity index (χ2v) is 7.96. The lowest BCUT2D eigenvalue weighted by Crippen LogP contribution is -2.12. The van der Waals surface area contributed by atoms with Gasteiger partial charge in [0.15, 0.2) is 0 Å². The van der Waals surface area contributed by atoms with E-state index in [4.69, 9.17) is 16.3 Å². The van der Waals surface area contributed by atoms with E-state index in [-0.39, 0.29) is 11.9 Å². The van der Waals surface area contributed by atoms with Gasteiger partial charge >= 0.3 is 0 Å². The smallest absolute Gasteiger partial charge is 0.269 e. The van der Waals surface area contributed by atoms with E-state index in [1.165, 1.54) is 23.1 Å². The molecule has 0 unspecified atom stereocenters. The molecule has 136 valence electrons. The lowest BCUT2D eigenvalue weighted by molar-refractivity contribution is 0.102. The summed E-state index contributed by atoms with van der Waals surface area (Å²) in [6, 6.07) is 13.2. The molecule has 0 radical (unpaired) electrons. The largest absolute Gasteiger partial charge is 0.497 e. The standard InChI is InChI=1S/C17H12ClN5O2S2/c1-25-10-5-6-13-12(8-10)14(26-11-4-2-3-9(18)7-11)15(27-13)16(24)19-17-20-22-23-21-17/h2-8H,1H3,(H2,19,20,21,22,23,24). The number of fused-ring (bicyclic) bond motifs is 1. The highest BCUT2D eigenvalue weighted by molar-refractivity contribution is 7.99. The number of nitrogens with one attached hydrogen (secondary N) is 2. The van der Waals surface area contributed by atoms with Gasteiger partial charge in [0.05, 0.1) is 7.11 Å². The summed E-state index contributed by atoms with van der Waals surface area (Å²) in [6.45, 7) is 0. The van der Waals surface area contributed by atoms with Gasteiger partial charge in [0.25, 0.3) is 5.91 Å². The number of carbonyl (C=O) groups is 1. The molecule has 0 spiro atoms. The molecule has 27 heavy (non-hydrogen) atoms. The van der Waals surface area contributed by atoms with Gasteiger partial charge < -0.3 is 4.74 Å². The number of hydrogen-bond donors (Lipinski definition) is 2. The second kappa shape index (κ2) is 7.55. The lowest BCUT2D eigenvalue weighted by atomic mass is 10.2. The Kier molecular flexibility index (Phi) is 4.97. The van der Waals surface area contributed by atoms with Gasteiger partial charge in [-0.05, 0) is 46.8 Å². The van der Waals surface area contributed by atoms with Crippen LogP contribution < -0.4 is 10.1 Å². The zero-order valence-corrected chi connectivity index (χ0v) is 16.3. The van der Waals surface area contributed by atoms with Crippen LogP contribution in [0.5, 0.6) is 5.75 Å². The molecular weight excluding hydrogens is 406 g/mol. The number of amides is 1. The number of aromatic nitrogens is 4. The summed E-state index contributed by atoms with van der Waals surface area (Å²) in [6.07, 6.45) is 0. The molecule has 4 rings (SSSR count). The maximum Gasteiger partial charge on any atom is 0.269 e. The van der Waals surface area contributed by atoms with Crippen LogP contribution in [0, 0.1) is 0 Å². The summed E-state index contributed by atoms with van der Waals surface area (Å²) in [7, 11) is 1.61. The van der Waals surface area contributed by atoms with E-state index in [1.807, 2.05) is 42.5 Å². The van der Waals surface area contributed by atoms with Gasteiger partial charge in [-0.2, -0.15) is 0 Å². The highest BCUT2D eigenvalue weighted by atomic mass is 35.5. The molecular formula is C17H12ClN5O2S2. The molecule has 0 atom stereocenters. The van der Waals surface area contributed by atoms with Gasteiger partial charge in [-0.15, -0.1) is 11.3 Å². The van der Waals surface area contributed by atoms with Crippen LogP contribution >= 0.6 is 34.7 Å². The number of benzene rings is 2. The fraction of sp³-hybridized carbons (Fsp3) is 0.0588. The van der Waals surface area contributed by atoms with Crippen molar-refractivity contribution in [2.75, 3.05) is 12.4 Å². The number of halogens is 1. The quantitative estimate of drug-likeness (QED) is 0.497. The highest BCUT2D eigenvalue weighted by Crippen LogP contribution is 2.43. The monoisotopic (exact) mass is 417 g/mol. The summed E-state index contributed by atoms with van der Waals surface area (Å²) in [5, 5.41) is 17.4. The van der Waals surface area contributed by atoms with Crippen molar-refractivity contribution in [2.24, 2.45) is 0 Å². The van der Waals surface area contributed by atoms with Gasteiger partial charge in [0.2, 0.25) is 5.95 Å². The summed E-state index contributed by atoms with van der Waals surface area (Å²) < 4.78 is 6.32. The zero-order valence-electron chi connectivity index (χ0n) is 13.9. The molecule has 2 aromatic heterocycles. The molecule has 0 bridgehead atoms. The summed E-state index contributed by atoms with van der Waals surface area (Å²) in [5.41, 5.74) is 0. The molecule has 1 amide bonds. The van der Waals surface area contributed by atoms with Crippen LogP contribution in [0.25, 0.3) is 10.1 Å². The van der Waals surface area contributed by atoms with Crippen LogP contribution in [0.4, 0.5) is 5.95 Å². The van der Waals surface area contributed by atoms with Crippen LogP contribution in [0.15, 0.2) is 52.3 Å². The molecule has 0 saturated heterocycles. The number of carbonyl (C=O) groups excluding carboxylic acids is 1. The first-order valence-electron chi connectivity index (χ1n) is 7.73. The van der Waals surface area contributed by atoms with E-state index in [1.54, 1.807) is 7.11 Å². The van der Waals surface area contributed by atoms with E-state index in [9.17, 15) is 4.79 Å². The SMILES string of the molecule is COc1ccc2sc(C(=O)Nc3nnn[nH]3)c(Sc3cccc(Cl)c3)c2c1. The minimum atomic E-state index is -0.293. The Balaban J connectivity index is 1.80. The molecule has 10 heteroatoms. The van der Waals surface area contributed by atoms with E-state index < -0.39 is 0 Å². The third-order valence-electron chi connectivity index (χ3n) is 3.65. The molecule has 0 aliphatic carbocycles. The number of H-pyrrole nitrogens is 1. The number of anilines is 1. The van der Waals surface area contributed by atoms with Crippen molar-refractivity contribution in [1.29, 1.82) is 0 Å². The van der Waals surface area contributed by atoms with Gasteiger partial charge in [-0.25, -0.2) is 5.10 Å². The number of ether oxygens (including phenoxy) is 1. The average molecular weight is 418 g/mol. The lowest BCUT2D eigenvalue weighted by Gasteiger charge is -2.06. The minimum Gasteiger partial charge on any atom is -0.497 e. The molecule has 4 aromatic rings. The van der Waals surface area contributed by atoms with E-state index >= 15 is 0 Å². The van der Waals surface area contributed by atoms with Gasteiger partial charge in [-0.1, -0.05) is 34.5 Å². The number of aromatic amines is 1. The van der Waals surface area contributed by atoms with Gasteiger partial charge in [-0.3, -0.25) is 10.1 Å². The fourth-order valence-corrected chi connectivity index (χ4v) is 5.03. The molecule has 0 aliphatic heterocycles. The van der Waals surface area contributed by atoms with Crippen molar-refractivity contribution in [3.8, 4) is 5.75 Å². The first-order chi connectivity index (χ1) is 13.1. The van der Waals surface area contributed by atoms with Crippen molar-refractivity contribution < 1.29 is 9.53 Å². The molecule has 2 aromatic carbocycles. The third-order valence-corrected chi connectivity index (χ3v) is 6.30. The number of tetrazole rings is 1. The Morgan fingerprint density at radius 3 is 2.93 bits per heavy atom. The normalized spacial score (nSPS) is 10.9. The minimum absolute atomic E-state index is 0.189. The molecule has 7 nitrogen and oxygen atoms in total. The van der Waals surface area contributed by atoms with Gasteiger partial charge in [0.1, 0.15) is 10.6 Å². The maximum atomic E-state index is 12.8. The Morgan fingerprint density at radius 1 is 1.30 bits per heavy atom. The molecule has 0 aliphatic rings. The Morgan fingerprint density at radius 2 is 2.19 bits per heavy atom. The van der Waals surface area contributed by atoms with Crippen LogP contribution in [0.2, 0.25) is 5.02 Å². The van der Waals surface area contributed by atoms with Crippen LogP contribution in [0.3, 0.4) is 0 Å². The average Bonchev–Trinajstić information content (AvgIpc) is 3.29. The predicted octanol–water partition coefficient (Wildman–Crippen LogP) is 4.48. The molecule has 2 heterocycles. The van der Waals surface area contributed by atoms with Crippen LogP contribution in [-0.2, 0) is 0 Å². The topological polar surface area (TPSA) is 92.8 Å². The van der Waals surface area contributed by atoms with Crippen molar-refractivity contribution >= 4 is 56.6 Å². The van der Waals surface area contributed by atoms with Crippen LogP contribution in [-0.4, -0.2) is 33.6 Å². The third kappa shape index (κ3) is 3.75. The number of rotatable bonds is 5. The van der Waals surface area contributed by atoms with E-state index in [2.05, 4.69) is 25.9 Å². The fourth-order valence-electron chi connectivity index (χ4n) is 2.46. The zero-order chi connectivity index (χ0) is 18.8. The van der Waals surface area contributed by atoms with Crippen molar-refractivity contribution in [2.45, 2.75) is 9.79 Å². The summed E-state index contributed by atoms with van der Waals surface area (Å²) in [4.78, 5) is 15.1. The first kappa shape index (κ1) is 17.8. The second-order valence-electron chi connectivity index (χ2n) is 5.39. The molecule has 0 fully saturated rings. The van der Waals surface area contributed by atoms with Crippen molar-refractivity contribution in [3.63, 3.8) is 0 Å². The van der Waals surface area contributed by atoms with Crippen LogP contribution in [0.1, 0.15) is 9.67 Å². The first-order valence-corrected chi connectivity index (χ1v) is 9.74. The number of nitrogens with zero attached hydrogens (tertiary/aromatic N) is 3. The Labute approximate surface area is 167 Å². The molecule has 2 N–H and O–H groups in total. The predicted molar refractivity (Wildman–Crippen MR) is 106 cm³/mol. The summed E-state index contributed by atoms with van der Waals surface area (Å²) >= 11 is 8.98. The maximum absolute atomic E-state index is 12.8. The summed E-state index contributed by atoms with van der Waals surface area (Å²) in [5.74, 6) is 0.617. The highest BCUT2D eigenvalue weighted by Gasteiger charge is 2.21.